The second-order valence-corrected chi connectivity index (χ2v) is 5.63. The molecule has 0 spiro atoms. The van der Waals surface area contributed by atoms with Crippen LogP contribution in [0, 0.1) is 0 Å². The molecule has 0 radical (unpaired) electrons. The molecule has 8 heteroatoms. The number of hydrogen-bond acceptors (Lipinski definition) is 6. The number of aryl methyl sites for hydroxylation is 1. The zero-order valence-corrected chi connectivity index (χ0v) is 15.2. The third-order valence-electron chi connectivity index (χ3n) is 3.43. The monoisotopic (exact) mass is 378 g/mol. The van der Waals surface area contributed by atoms with Crippen molar-refractivity contribution in [1.29, 1.82) is 0 Å². The van der Waals surface area contributed by atoms with Crippen LogP contribution in [-0.4, -0.2) is 37.7 Å². The molecular formula is C18H19ClN2O5. The van der Waals surface area contributed by atoms with E-state index in [0.29, 0.717) is 23.6 Å². The molecule has 0 aliphatic rings. The fourth-order valence-electron chi connectivity index (χ4n) is 2.14. The van der Waals surface area contributed by atoms with Crippen LogP contribution in [0.4, 0.5) is 5.69 Å². The Kier molecular flexibility index (Phi) is 7.23. The van der Waals surface area contributed by atoms with Crippen LogP contribution in [0.2, 0.25) is 5.15 Å². The topological polar surface area (TPSA) is 86.8 Å². The van der Waals surface area contributed by atoms with E-state index in [0.717, 1.165) is 5.56 Å². The maximum Gasteiger partial charge on any atom is 0.306 e. The van der Waals surface area contributed by atoms with Crippen molar-refractivity contribution in [3.05, 3.63) is 47.2 Å². The number of rotatable bonds is 8. The van der Waals surface area contributed by atoms with Gasteiger partial charge in [-0.3, -0.25) is 9.59 Å². The molecule has 26 heavy (non-hydrogen) atoms. The van der Waals surface area contributed by atoms with Crippen LogP contribution in [0.25, 0.3) is 0 Å². The summed E-state index contributed by atoms with van der Waals surface area (Å²) in [7, 11) is 3.11. The number of ether oxygens (including phenoxy) is 3. The Morgan fingerprint density at radius 2 is 1.85 bits per heavy atom. The Bertz CT molecular complexity index is 760. The number of nitrogens with one attached hydrogen (secondary N) is 1. The first-order chi connectivity index (χ1) is 12.5. The van der Waals surface area contributed by atoms with Gasteiger partial charge in [-0.25, -0.2) is 4.98 Å². The third-order valence-corrected chi connectivity index (χ3v) is 3.73. The second-order valence-electron chi connectivity index (χ2n) is 5.27. The number of pyridine rings is 1. The zero-order valence-electron chi connectivity index (χ0n) is 14.5. The van der Waals surface area contributed by atoms with Gasteiger partial charge < -0.3 is 19.5 Å². The molecule has 1 aromatic heterocycles. The van der Waals surface area contributed by atoms with Crippen LogP contribution in [0.3, 0.4) is 0 Å². The minimum absolute atomic E-state index is 0.122. The molecule has 0 unspecified atom stereocenters. The van der Waals surface area contributed by atoms with E-state index in [1.54, 1.807) is 32.4 Å². The Hall–Kier alpha value is -2.80. The third kappa shape index (κ3) is 5.93. The number of esters is 1. The zero-order chi connectivity index (χ0) is 18.9. The summed E-state index contributed by atoms with van der Waals surface area (Å²) in [4.78, 5) is 27.5. The first-order valence-electron chi connectivity index (χ1n) is 7.79. The largest absolute Gasteiger partial charge is 0.497 e. The molecule has 2 rings (SSSR count). The van der Waals surface area contributed by atoms with Gasteiger partial charge in [0.2, 0.25) is 0 Å². The highest BCUT2D eigenvalue weighted by atomic mass is 35.5. The lowest BCUT2D eigenvalue weighted by molar-refractivity contribution is -0.147. The van der Waals surface area contributed by atoms with Gasteiger partial charge in [0.1, 0.15) is 11.5 Å². The van der Waals surface area contributed by atoms with Crippen molar-refractivity contribution in [2.75, 3.05) is 26.1 Å². The van der Waals surface area contributed by atoms with Gasteiger partial charge >= 0.3 is 5.97 Å². The molecule has 1 N–H and O–H groups in total. The maximum atomic E-state index is 11.8. The van der Waals surface area contributed by atoms with Crippen molar-refractivity contribution in [1.82, 2.24) is 4.98 Å². The number of halogens is 1. The Labute approximate surface area is 156 Å². The van der Waals surface area contributed by atoms with E-state index in [1.807, 2.05) is 12.1 Å². The molecule has 1 heterocycles. The molecule has 0 atom stereocenters. The summed E-state index contributed by atoms with van der Waals surface area (Å²) in [5.41, 5.74) is 1.23. The molecule has 0 saturated carbocycles. The number of carbonyl (C=O) groups excluding carboxylic acids is 2. The molecule has 0 aliphatic carbocycles. The summed E-state index contributed by atoms with van der Waals surface area (Å²) < 4.78 is 15.3. The average Bonchev–Trinajstić information content (AvgIpc) is 2.66. The van der Waals surface area contributed by atoms with E-state index in [1.165, 1.54) is 6.20 Å². The van der Waals surface area contributed by atoms with Crippen LogP contribution in [-0.2, 0) is 20.7 Å². The van der Waals surface area contributed by atoms with E-state index in [4.69, 9.17) is 25.8 Å². The Morgan fingerprint density at radius 1 is 1.15 bits per heavy atom. The molecule has 0 aliphatic heterocycles. The van der Waals surface area contributed by atoms with E-state index < -0.39 is 18.5 Å². The molecule has 138 valence electrons. The van der Waals surface area contributed by atoms with Crippen molar-refractivity contribution >= 4 is 29.2 Å². The van der Waals surface area contributed by atoms with Gasteiger partial charge in [0, 0.05) is 18.7 Å². The molecule has 7 nitrogen and oxygen atoms in total. The van der Waals surface area contributed by atoms with Crippen molar-refractivity contribution in [3.8, 4) is 11.5 Å². The molecule has 0 bridgehead atoms. The van der Waals surface area contributed by atoms with Crippen molar-refractivity contribution in [3.63, 3.8) is 0 Å². The van der Waals surface area contributed by atoms with Gasteiger partial charge in [-0.1, -0.05) is 11.6 Å². The average molecular weight is 379 g/mol. The fourth-order valence-corrected chi connectivity index (χ4v) is 2.31. The lowest BCUT2D eigenvalue weighted by Crippen LogP contribution is -2.21. The van der Waals surface area contributed by atoms with Gasteiger partial charge in [-0.05, 0) is 36.2 Å². The SMILES string of the molecule is COc1cc(CCC(=O)OCC(=O)Nc2cccnc2Cl)cc(OC)c1. The fraction of sp³-hybridized carbons (Fsp3) is 0.278. The minimum atomic E-state index is -0.490. The second kappa shape index (κ2) is 9.62. The van der Waals surface area contributed by atoms with Crippen LogP contribution in [0.5, 0.6) is 11.5 Å². The van der Waals surface area contributed by atoms with Crippen molar-refractivity contribution in [2.45, 2.75) is 12.8 Å². The summed E-state index contributed by atoms with van der Waals surface area (Å²) in [6.45, 7) is -0.397. The quantitative estimate of drug-likeness (QED) is 0.561. The molecule has 0 fully saturated rings. The summed E-state index contributed by atoms with van der Waals surface area (Å²) in [5.74, 6) is 0.302. The highest BCUT2D eigenvalue weighted by molar-refractivity contribution is 6.32. The van der Waals surface area contributed by atoms with Crippen LogP contribution in [0.15, 0.2) is 36.5 Å². The van der Waals surface area contributed by atoms with Gasteiger partial charge in [0.15, 0.2) is 11.8 Å². The van der Waals surface area contributed by atoms with E-state index in [9.17, 15) is 9.59 Å². The predicted octanol–water partition coefficient (Wildman–Crippen LogP) is 2.87. The summed E-state index contributed by atoms with van der Waals surface area (Å²) in [6.07, 6.45) is 2.06. The highest BCUT2D eigenvalue weighted by Crippen LogP contribution is 2.23. The number of hydrogen-bond donors (Lipinski definition) is 1. The van der Waals surface area contributed by atoms with Gasteiger partial charge in [0.25, 0.3) is 5.91 Å². The number of benzene rings is 1. The van der Waals surface area contributed by atoms with Crippen LogP contribution in [0.1, 0.15) is 12.0 Å². The van der Waals surface area contributed by atoms with E-state index in [2.05, 4.69) is 10.3 Å². The summed E-state index contributed by atoms with van der Waals surface area (Å²) in [6, 6.07) is 8.61. The maximum absolute atomic E-state index is 11.8. The minimum Gasteiger partial charge on any atom is -0.497 e. The number of aromatic nitrogens is 1. The number of anilines is 1. The van der Waals surface area contributed by atoms with Crippen LogP contribution >= 0.6 is 11.6 Å². The number of nitrogens with zero attached hydrogens (tertiary/aromatic N) is 1. The number of methoxy groups -OCH3 is 2. The highest BCUT2D eigenvalue weighted by Gasteiger charge is 2.11. The summed E-state index contributed by atoms with van der Waals surface area (Å²) in [5, 5.41) is 2.69. The first-order valence-corrected chi connectivity index (χ1v) is 8.17. The smallest absolute Gasteiger partial charge is 0.306 e. The van der Waals surface area contributed by atoms with E-state index >= 15 is 0 Å². The molecule has 2 aromatic rings. The van der Waals surface area contributed by atoms with Gasteiger partial charge in [-0.2, -0.15) is 0 Å². The summed E-state index contributed by atoms with van der Waals surface area (Å²) >= 11 is 5.84. The number of amides is 1. The molecule has 1 amide bonds. The normalized spacial score (nSPS) is 10.1. The molecule has 0 saturated heterocycles. The Balaban J connectivity index is 1.80. The van der Waals surface area contributed by atoms with E-state index in [-0.39, 0.29) is 11.6 Å². The lowest BCUT2D eigenvalue weighted by atomic mass is 10.1. The first kappa shape index (κ1) is 19.5. The molecule has 1 aromatic carbocycles. The van der Waals surface area contributed by atoms with Gasteiger partial charge in [-0.15, -0.1) is 0 Å². The van der Waals surface area contributed by atoms with Crippen molar-refractivity contribution < 1.29 is 23.8 Å². The van der Waals surface area contributed by atoms with Crippen molar-refractivity contribution in [2.24, 2.45) is 0 Å². The predicted molar refractivity (Wildman–Crippen MR) is 96.7 cm³/mol. The van der Waals surface area contributed by atoms with Crippen LogP contribution < -0.4 is 14.8 Å². The standard InChI is InChI=1S/C18H19ClN2O5/c1-24-13-8-12(9-14(10-13)25-2)5-6-17(23)26-11-16(22)21-15-4-3-7-20-18(15)19/h3-4,7-10H,5-6,11H2,1-2H3,(H,21,22). The van der Waals surface area contributed by atoms with Gasteiger partial charge in [0.05, 0.1) is 19.9 Å². The number of carbonyl (C=O) groups is 2. The molecular weight excluding hydrogens is 360 g/mol. The lowest BCUT2D eigenvalue weighted by Gasteiger charge is -2.09. The Morgan fingerprint density at radius 3 is 2.46 bits per heavy atom.